The summed E-state index contributed by atoms with van der Waals surface area (Å²) in [6.45, 7) is 7.93. The summed E-state index contributed by atoms with van der Waals surface area (Å²) in [7, 11) is 1.17. The van der Waals surface area contributed by atoms with E-state index < -0.39 is 36.2 Å². The fourth-order valence-corrected chi connectivity index (χ4v) is 2.91. The minimum atomic E-state index is -1.01. The van der Waals surface area contributed by atoms with Gasteiger partial charge in [-0.25, -0.2) is 9.18 Å². The summed E-state index contributed by atoms with van der Waals surface area (Å²) in [5.41, 5.74) is -0.336. The van der Waals surface area contributed by atoms with E-state index in [0.717, 1.165) is 5.56 Å². The second-order valence-corrected chi connectivity index (χ2v) is 7.45. The van der Waals surface area contributed by atoms with Gasteiger partial charge in [-0.2, -0.15) is 0 Å². The number of nitrogens with zero attached hydrogens (tertiary/aromatic N) is 1. The highest BCUT2D eigenvalue weighted by Crippen LogP contribution is 2.41. The topological polar surface area (TPSA) is 68.2 Å². The molecular weight excluding hydrogens is 328 g/mol. The molecule has 0 saturated carbocycles. The normalized spacial score (nSPS) is 22.8. The van der Waals surface area contributed by atoms with Crippen LogP contribution in [0.2, 0.25) is 0 Å². The molecule has 1 N–H and O–H groups in total. The van der Waals surface area contributed by atoms with Gasteiger partial charge in [0.05, 0.1) is 6.04 Å². The van der Waals surface area contributed by atoms with E-state index in [1.165, 1.54) is 12.4 Å². The highest BCUT2D eigenvalue weighted by Gasteiger charge is 2.51. The van der Waals surface area contributed by atoms with E-state index in [9.17, 15) is 9.18 Å². The molecule has 1 heterocycles. The lowest BCUT2D eigenvalue weighted by Gasteiger charge is -2.34. The molecule has 1 amide bonds. The molecule has 2 unspecified atom stereocenters. The number of rotatable bonds is 4. The van der Waals surface area contributed by atoms with E-state index in [4.69, 9.17) is 14.7 Å². The Balaban J connectivity index is 2.27. The lowest BCUT2D eigenvalue weighted by atomic mass is 9.87. The van der Waals surface area contributed by atoms with E-state index in [0.29, 0.717) is 5.46 Å². The number of ether oxygens (including phenoxy) is 2. The summed E-state index contributed by atoms with van der Waals surface area (Å²) >= 11 is 0. The van der Waals surface area contributed by atoms with Crippen molar-refractivity contribution in [2.45, 2.75) is 58.1 Å². The smallest absolute Gasteiger partial charge is 0.413 e. The van der Waals surface area contributed by atoms with Crippen molar-refractivity contribution in [1.82, 2.24) is 4.90 Å². The highest BCUT2D eigenvalue weighted by atomic mass is 19.1. The van der Waals surface area contributed by atoms with Crippen molar-refractivity contribution in [2.75, 3.05) is 6.67 Å². The van der Waals surface area contributed by atoms with Gasteiger partial charge in [-0.1, -0.05) is 29.7 Å². The zero-order valence-corrected chi connectivity index (χ0v) is 15.2. The Labute approximate surface area is 148 Å². The van der Waals surface area contributed by atoms with Crippen molar-refractivity contribution in [2.24, 2.45) is 0 Å². The number of alkyl halides is 1. The van der Waals surface area contributed by atoms with Crippen LogP contribution in [0.5, 0.6) is 0 Å². The van der Waals surface area contributed by atoms with Crippen LogP contribution in [-0.2, 0) is 14.3 Å². The molecule has 137 valence electrons. The monoisotopic (exact) mass is 352 g/mol. The largest absolute Gasteiger partial charge is 0.444 e. The predicted octanol–water partition coefficient (Wildman–Crippen LogP) is 2.80. The van der Waals surface area contributed by atoms with Gasteiger partial charge in [-0.3, -0.25) is 10.2 Å². The van der Waals surface area contributed by atoms with E-state index in [1.807, 2.05) is 0 Å². The van der Waals surface area contributed by atoms with Gasteiger partial charge in [0.15, 0.2) is 0 Å². The molecule has 2 rings (SSSR count). The molecule has 25 heavy (non-hydrogen) atoms. The van der Waals surface area contributed by atoms with Gasteiger partial charge < -0.3 is 14.3 Å². The van der Waals surface area contributed by atoms with Crippen LogP contribution in [0.1, 0.15) is 46.3 Å². The molecular formula is C17H24BFNO5. The number of amides is 1. The van der Waals surface area contributed by atoms with Crippen molar-refractivity contribution >= 4 is 19.0 Å². The summed E-state index contributed by atoms with van der Waals surface area (Å²) in [6.07, 6.45) is -1.24. The lowest BCUT2D eigenvalue weighted by molar-refractivity contribution is -0.135. The minimum absolute atomic E-state index is 0.610. The Hall–Kier alpha value is -1.64. The van der Waals surface area contributed by atoms with E-state index in [-0.39, 0.29) is 0 Å². The third-order valence-corrected chi connectivity index (χ3v) is 3.88. The van der Waals surface area contributed by atoms with Crippen LogP contribution in [0.15, 0.2) is 24.3 Å². The van der Waals surface area contributed by atoms with Gasteiger partial charge in [0.1, 0.15) is 24.1 Å². The molecule has 1 fully saturated rings. The van der Waals surface area contributed by atoms with Crippen LogP contribution < -0.4 is 5.46 Å². The standard InChI is InChI=1S/C17H24BFNO5/c1-16(2,3)24-15(21)20-13(10-19)14(23-17(20,4)5)11-6-8-12(9-7-11)18-25-22/h6-9,13-14,22H,10H2,1-5H3. The van der Waals surface area contributed by atoms with Gasteiger partial charge in [0.2, 0.25) is 0 Å². The average Bonchev–Trinajstić information content (AvgIpc) is 2.77. The molecule has 8 heteroatoms. The third kappa shape index (κ3) is 4.51. The first kappa shape index (κ1) is 19.7. The Morgan fingerprint density at radius 1 is 1.36 bits per heavy atom. The molecule has 0 aliphatic carbocycles. The molecule has 1 saturated heterocycles. The second kappa shape index (κ2) is 7.31. The van der Waals surface area contributed by atoms with Crippen LogP contribution in [0, 0.1) is 0 Å². The Bertz CT molecular complexity index is 602. The quantitative estimate of drug-likeness (QED) is 0.513. The van der Waals surface area contributed by atoms with Crippen LogP contribution in [0.4, 0.5) is 9.18 Å². The molecule has 6 nitrogen and oxygen atoms in total. The Kier molecular flexibility index (Phi) is 5.76. The maximum atomic E-state index is 13.8. The fourth-order valence-electron chi connectivity index (χ4n) is 2.91. The van der Waals surface area contributed by atoms with Gasteiger partial charge in [0.25, 0.3) is 0 Å². The molecule has 1 aromatic carbocycles. The third-order valence-electron chi connectivity index (χ3n) is 3.88. The minimum Gasteiger partial charge on any atom is -0.444 e. The van der Waals surface area contributed by atoms with Crippen molar-refractivity contribution in [3.05, 3.63) is 29.8 Å². The molecule has 1 radical (unpaired) electrons. The first-order valence-electron chi connectivity index (χ1n) is 8.08. The number of carbonyl (C=O) groups is 1. The Morgan fingerprint density at radius 2 is 1.96 bits per heavy atom. The van der Waals surface area contributed by atoms with Gasteiger partial charge in [-0.05, 0) is 40.2 Å². The van der Waals surface area contributed by atoms with Crippen molar-refractivity contribution in [3.8, 4) is 0 Å². The maximum absolute atomic E-state index is 13.8. The van der Waals surface area contributed by atoms with Crippen LogP contribution in [0.25, 0.3) is 0 Å². The molecule has 0 aromatic heterocycles. The molecule has 1 aromatic rings. The molecule has 0 spiro atoms. The SMILES string of the molecule is CC(C)(C)OC(=O)N1C(CF)C(c2ccc([B]OO)cc2)OC1(C)C. The number of benzene rings is 1. The summed E-state index contributed by atoms with van der Waals surface area (Å²) < 4.78 is 25.2. The number of hydrogen-bond acceptors (Lipinski definition) is 5. The van der Waals surface area contributed by atoms with E-state index >= 15 is 0 Å². The van der Waals surface area contributed by atoms with Crippen molar-refractivity contribution in [3.63, 3.8) is 0 Å². The van der Waals surface area contributed by atoms with Crippen molar-refractivity contribution < 1.29 is 28.7 Å². The fraction of sp³-hybridized carbons (Fsp3) is 0.588. The lowest BCUT2D eigenvalue weighted by Crippen LogP contribution is -2.50. The molecule has 1 aliphatic heterocycles. The molecule has 1 aliphatic rings. The Morgan fingerprint density at radius 3 is 2.44 bits per heavy atom. The number of hydrogen-bond donors (Lipinski definition) is 1. The van der Waals surface area contributed by atoms with Crippen LogP contribution in [-0.4, -0.2) is 47.8 Å². The van der Waals surface area contributed by atoms with Gasteiger partial charge in [-0.15, -0.1) is 0 Å². The average molecular weight is 352 g/mol. The van der Waals surface area contributed by atoms with Gasteiger partial charge >= 0.3 is 13.6 Å². The van der Waals surface area contributed by atoms with Gasteiger partial charge in [0, 0.05) is 0 Å². The summed E-state index contributed by atoms with van der Waals surface area (Å²) in [6, 6.07) is 6.09. The van der Waals surface area contributed by atoms with E-state index in [1.54, 1.807) is 58.9 Å². The summed E-state index contributed by atoms with van der Waals surface area (Å²) in [5, 5.41) is 8.45. The second-order valence-electron chi connectivity index (χ2n) is 7.45. The first-order chi connectivity index (χ1) is 11.6. The van der Waals surface area contributed by atoms with Crippen molar-refractivity contribution in [1.29, 1.82) is 0 Å². The highest BCUT2D eigenvalue weighted by molar-refractivity contribution is 6.46. The first-order valence-corrected chi connectivity index (χ1v) is 8.08. The summed E-state index contributed by atoms with van der Waals surface area (Å²) in [4.78, 5) is 17.9. The van der Waals surface area contributed by atoms with Crippen LogP contribution in [0.3, 0.4) is 0 Å². The van der Waals surface area contributed by atoms with E-state index in [2.05, 4.69) is 4.81 Å². The zero-order chi connectivity index (χ0) is 18.8. The number of halogens is 1. The number of carbonyl (C=O) groups excluding carboxylic acids is 1. The maximum Gasteiger partial charge on any atom is 0.413 e. The predicted molar refractivity (Wildman–Crippen MR) is 91.3 cm³/mol. The zero-order valence-electron chi connectivity index (χ0n) is 15.2. The van der Waals surface area contributed by atoms with Crippen LogP contribution >= 0.6 is 0 Å². The summed E-state index contributed by atoms with van der Waals surface area (Å²) in [5.74, 6) is 0. The molecule has 2 atom stereocenters. The molecule has 0 bridgehead atoms.